The molecular formula is C23H19ClN4OS2. The van der Waals surface area contributed by atoms with Gasteiger partial charge in [0.05, 0.1) is 12.1 Å². The average Bonchev–Trinajstić information content (AvgIpc) is 3.43. The highest BCUT2D eigenvalue weighted by Crippen LogP contribution is 2.27. The van der Waals surface area contributed by atoms with Crippen molar-refractivity contribution in [2.24, 2.45) is 0 Å². The second-order valence-electron chi connectivity index (χ2n) is 7.23. The van der Waals surface area contributed by atoms with Crippen LogP contribution in [0.1, 0.15) is 23.6 Å². The van der Waals surface area contributed by atoms with E-state index in [0.29, 0.717) is 27.8 Å². The van der Waals surface area contributed by atoms with Gasteiger partial charge in [0.25, 0.3) is 5.56 Å². The summed E-state index contributed by atoms with van der Waals surface area (Å²) in [6.07, 6.45) is 0.989. The lowest BCUT2D eigenvalue weighted by atomic mass is 10.1. The Labute approximate surface area is 192 Å². The van der Waals surface area contributed by atoms with E-state index in [2.05, 4.69) is 41.4 Å². The fourth-order valence-electron chi connectivity index (χ4n) is 3.57. The Morgan fingerprint density at radius 1 is 1.03 bits per heavy atom. The van der Waals surface area contributed by atoms with Crippen molar-refractivity contribution in [3.63, 3.8) is 0 Å². The molecule has 0 atom stereocenters. The molecule has 3 aromatic heterocycles. The number of thiophene rings is 1. The van der Waals surface area contributed by atoms with Crippen molar-refractivity contribution in [3.8, 4) is 0 Å². The molecule has 0 bridgehead atoms. The molecule has 0 aliphatic rings. The summed E-state index contributed by atoms with van der Waals surface area (Å²) in [6, 6.07) is 18.1. The molecule has 0 saturated heterocycles. The molecule has 0 aliphatic carbocycles. The summed E-state index contributed by atoms with van der Waals surface area (Å²) in [5.41, 5.74) is 4.27. The molecule has 0 aliphatic heterocycles. The fraction of sp³-hybridized carbons (Fsp3) is 0.174. The van der Waals surface area contributed by atoms with Crippen LogP contribution in [-0.2, 0) is 18.7 Å². The number of hydrogen-bond donors (Lipinski definition) is 0. The molecule has 0 unspecified atom stereocenters. The summed E-state index contributed by atoms with van der Waals surface area (Å²) < 4.78 is 4.42. The van der Waals surface area contributed by atoms with E-state index < -0.39 is 0 Å². The molecule has 0 spiro atoms. The number of hydrogen-bond acceptors (Lipinski definition) is 5. The summed E-state index contributed by atoms with van der Waals surface area (Å²) in [5.74, 6) is 1.27. The minimum Gasteiger partial charge on any atom is -0.271 e. The Bertz CT molecular complexity index is 1440. The van der Waals surface area contributed by atoms with Gasteiger partial charge in [-0.05, 0) is 46.7 Å². The monoisotopic (exact) mass is 466 g/mol. The third-order valence-electron chi connectivity index (χ3n) is 5.21. The molecule has 3 heterocycles. The van der Waals surface area contributed by atoms with Gasteiger partial charge in [-0.3, -0.25) is 13.8 Å². The molecule has 5 nitrogen and oxygen atoms in total. The maximum Gasteiger partial charge on any atom is 0.273 e. The molecule has 0 radical (unpaired) electrons. The van der Waals surface area contributed by atoms with E-state index in [1.807, 2.05) is 40.1 Å². The van der Waals surface area contributed by atoms with E-state index in [1.165, 1.54) is 16.9 Å². The van der Waals surface area contributed by atoms with Gasteiger partial charge in [0.15, 0.2) is 5.16 Å². The van der Waals surface area contributed by atoms with Gasteiger partial charge in [-0.15, -0.1) is 21.5 Å². The topological polar surface area (TPSA) is 52.2 Å². The van der Waals surface area contributed by atoms with Crippen molar-refractivity contribution < 1.29 is 0 Å². The van der Waals surface area contributed by atoms with Crippen LogP contribution in [0.15, 0.2) is 69.9 Å². The standard InChI is InChI=1S/C23H19ClN4OS2/c1-2-15-6-8-16(9-7-15)13-27-21(29)20-19(10-11-30-20)28-22(27)25-26-23(28)31-14-17-4-3-5-18(24)12-17/h3-12H,2,13-14H2,1H3. The Kier molecular flexibility index (Phi) is 5.56. The van der Waals surface area contributed by atoms with Crippen molar-refractivity contribution in [2.75, 3.05) is 0 Å². The van der Waals surface area contributed by atoms with E-state index in [9.17, 15) is 4.79 Å². The summed E-state index contributed by atoms with van der Waals surface area (Å²) in [7, 11) is 0. The molecule has 31 heavy (non-hydrogen) atoms. The first-order chi connectivity index (χ1) is 15.1. The van der Waals surface area contributed by atoms with Gasteiger partial charge in [-0.1, -0.05) is 66.7 Å². The molecule has 2 aromatic carbocycles. The second kappa shape index (κ2) is 8.49. The third-order valence-corrected chi connectivity index (χ3v) is 7.34. The number of fused-ring (bicyclic) bond motifs is 3. The minimum atomic E-state index is -0.0316. The Balaban J connectivity index is 1.57. The van der Waals surface area contributed by atoms with E-state index in [4.69, 9.17) is 11.6 Å². The minimum absolute atomic E-state index is 0.0316. The number of halogens is 1. The van der Waals surface area contributed by atoms with Crippen LogP contribution in [0.4, 0.5) is 0 Å². The zero-order valence-corrected chi connectivity index (χ0v) is 19.2. The van der Waals surface area contributed by atoms with E-state index in [1.54, 1.807) is 16.3 Å². The fourth-order valence-corrected chi connectivity index (χ4v) is 5.49. The zero-order chi connectivity index (χ0) is 21.4. The molecular weight excluding hydrogens is 448 g/mol. The summed E-state index contributed by atoms with van der Waals surface area (Å²) in [5, 5.41) is 12.2. The first-order valence-electron chi connectivity index (χ1n) is 9.94. The molecule has 0 saturated carbocycles. The molecule has 0 amide bonds. The molecule has 5 rings (SSSR count). The van der Waals surface area contributed by atoms with E-state index in [-0.39, 0.29) is 5.56 Å². The Hall–Kier alpha value is -2.61. The van der Waals surface area contributed by atoms with E-state index >= 15 is 0 Å². The lowest BCUT2D eigenvalue weighted by molar-refractivity contribution is 0.765. The molecule has 156 valence electrons. The number of rotatable bonds is 6. The van der Waals surface area contributed by atoms with Gasteiger partial charge >= 0.3 is 0 Å². The van der Waals surface area contributed by atoms with Crippen molar-refractivity contribution in [2.45, 2.75) is 30.8 Å². The largest absolute Gasteiger partial charge is 0.273 e. The van der Waals surface area contributed by atoms with Crippen molar-refractivity contribution >= 4 is 50.7 Å². The van der Waals surface area contributed by atoms with Crippen LogP contribution >= 0.6 is 34.7 Å². The lowest BCUT2D eigenvalue weighted by Gasteiger charge is -2.10. The third kappa shape index (κ3) is 3.89. The van der Waals surface area contributed by atoms with Crippen LogP contribution in [-0.4, -0.2) is 19.2 Å². The van der Waals surface area contributed by atoms with Gasteiger partial charge in [0.1, 0.15) is 4.70 Å². The smallest absolute Gasteiger partial charge is 0.271 e. The molecule has 0 fully saturated rings. The van der Waals surface area contributed by atoms with Crippen molar-refractivity contribution in [1.82, 2.24) is 19.2 Å². The maximum atomic E-state index is 13.2. The van der Waals surface area contributed by atoms with Crippen molar-refractivity contribution in [1.29, 1.82) is 0 Å². The predicted octanol–water partition coefficient (Wildman–Crippen LogP) is 5.66. The summed E-state index contributed by atoms with van der Waals surface area (Å²) in [4.78, 5) is 13.2. The summed E-state index contributed by atoms with van der Waals surface area (Å²) >= 11 is 9.15. The second-order valence-corrected chi connectivity index (χ2v) is 9.53. The summed E-state index contributed by atoms with van der Waals surface area (Å²) in [6.45, 7) is 2.59. The van der Waals surface area contributed by atoms with Crippen LogP contribution < -0.4 is 5.56 Å². The highest BCUT2D eigenvalue weighted by Gasteiger charge is 2.18. The van der Waals surface area contributed by atoms with Crippen LogP contribution in [0.5, 0.6) is 0 Å². The molecule has 5 aromatic rings. The van der Waals surface area contributed by atoms with Crippen molar-refractivity contribution in [3.05, 3.63) is 92.0 Å². The van der Waals surface area contributed by atoms with Crippen LogP contribution in [0.3, 0.4) is 0 Å². The average molecular weight is 467 g/mol. The lowest BCUT2D eigenvalue weighted by Crippen LogP contribution is -2.23. The number of benzene rings is 2. The number of nitrogens with zero attached hydrogens (tertiary/aromatic N) is 4. The first kappa shape index (κ1) is 20.3. The first-order valence-corrected chi connectivity index (χ1v) is 12.2. The molecule has 0 N–H and O–H groups in total. The quantitative estimate of drug-likeness (QED) is 0.303. The van der Waals surface area contributed by atoms with Gasteiger partial charge in [0.2, 0.25) is 5.78 Å². The van der Waals surface area contributed by atoms with Crippen LogP contribution in [0.2, 0.25) is 5.02 Å². The van der Waals surface area contributed by atoms with Gasteiger partial charge in [0, 0.05) is 10.8 Å². The van der Waals surface area contributed by atoms with Crippen LogP contribution in [0.25, 0.3) is 16.0 Å². The van der Waals surface area contributed by atoms with Crippen LogP contribution in [0, 0.1) is 0 Å². The Morgan fingerprint density at radius 2 is 1.84 bits per heavy atom. The highest BCUT2D eigenvalue weighted by molar-refractivity contribution is 7.98. The van der Waals surface area contributed by atoms with Gasteiger partial charge < -0.3 is 0 Å². The predicted molar refractivity (Wildman–Crippen MR) is 129 cm³/mol. The highest BCUT2D eigenvalue weighted by atomic mass is 35.5. The van der Waals surface area contributed by atoms with Gasteiger partial charge in [-0.2, -0.15) is 0 Å². The molecule has 8 heteroatoms. The SMILES string of the molecule is CCc1ccc(Cn2c(=O)c3sccc3n3c(SCc4cccc(Cl)c4)nnc23)cc1. The van der Waals surface area contributed by atoms with Gasteiger partial charge in [-0.25, -0.2) is 0 Å². The number of aryl methyl sites for hydroxylation is 1. The van der Waals surface area contributed by atoms with E-state index in [0.717, 1.165) is 28.2 Å². The normalized spacial score (nSPS) is 11.5. The number of aromatic nitrogens is 4. The maximum absolute atomic E-state index is 13.2. The Morgan fingerprint density at radius 3 is 2.61 bits per heavy atom. The number of thioether (sulfide) groups is 1. The zero-order valence-electron chi connectivity index (χ0n) is 16.8.